The topological polar surface area (TPSA) is 114 Å². The van der Waals surface area contributed by atoms with Crippen molar-refractivity contribution in [3.63, 3.8) is 0 Å². The number of alkyl halides is 3. The second kappa shape index (κ2) is 8.84. The maximum absolute atomic E-state index is 12.2. The number of carbonyl (C=O) groups is 2. The summed E-state index contributed by atoms with van der Waals surface area (Å²) in [4.78, 5) is 35.9. The molecule has 0 atom stereocenters. The van der Waals surface area contributed by atoms with Gasteiger partial charge in [0, 0.05) is 19.2 Å². The Balaban J connectivity index is 1.57. The Morgan fingerprint density at radius 3 is 2.70 bits per heavy atom. The smallest absolute Gasteiger partial charge is 0.352 e. The molecule has 2 amide bonds. The van der Waals surface area contributed by atoms with Gasteiger partial charge in [0.1, 0.15) is 6.33 Å². The quantitative estimate of drug-likeness (QED) is 0.601. The van der Waals surface area contributed by atoms with Gasteiger partial charge in [-0.25, -0.2) is 19.5 Å². The van der Waals surface area contributed by atoms with Gasteiger partial charge in [-0.3, -0.25) is 9.59 Å². The van der Waals surface area contributed by atoms with Gasteiger partial charge in [0.25, 0.3) is 5.91 Å². The Bertz CT molecular complexity index is 1070. The largest absolute Gasteiger partial charge is 0.389 e. The number of amides is 2. The lowest BCUT2D eigenvalue weighted by Gasteiger charge is -2.07. The van der Waals surface area contributed by atoms with Gasteiger partial charge in [-0.05, 0) is 18.6 Å². The molecule has 3 aromatic rings. The SMILES string of the molecule is Cc1ncncc1C(=O)NCc1cn2ncc(CNC(=O)CCC(F)(F)F)cc2n1. The van der Waals surface area contributed by atoms with Crippen LogP contribution in [0.25, 0.3) is 5.65 Å². The number of nitrogens with one attached hydrogen (secondary N) is 2. The second-order valence-electron chi connectivity index (χ2n) is 6.50. The lowest BCUT2D eigenvalue weighted by molar-refractivity contribution is -0.144. The van der Waals surface area contributed by atoms with E-state index in [2.05, 4.69) is 30.7 Å². The lowest BCUT2D eigenvalue weighted by atomic mass is 10.2. The maximum atomic E-state index is 12.2. The number of halogens is 3. The minimum atomic E-state index is -4.37. The summed E-state index contributed by atoms with van der Waals surface area (Å²) in [6.07, 6.45) is -0.264. The lowest BCUT2D eigenvalue weighted by Crippen LogP contribution is -2.24. The first kappa shape index (κ1) is 21.1. The van der Waals surface area contributed by atoms with Crippen LogP contribution in [-0.4, -0.2) is 42.6 Å². The number of hydrogen-bond donors (Lipinski definition) is 2. The Kier molecular flexibility index (Phi) is 6.23. The van der Waals surface area contributed by atoms with E-state index in [1.807, 2.05) is 0 Å². The summed E-state index contributed by atoms with van der Waals surface area (Å²) >= 11 is 0. The molecule has 0 unspecified atom stereocenters. The Labute approximate surface area is 168 Å². The van der Waals surface area contributed by atoms with E-state index in [0.717, 1.165) is 0 Å². The number of aryl methyl sites for hydroxylation is 1. The molecule has 9 nitrogen and oxygen atoms in total. The van der Waals surface area contributed by atoms with Gasteiger partial charge in [0.15, 0.2) is 5.65 Å². The van der Waals surface area contributed by atoms with Crippen molar-refractivity contribution in [1.82, 2.24) is 35.2 Å². The van der Waals surface area contributed by atoms with Crippen LogP contribution in [0, 0.1) is 6.92 Å². The maximum Gasteiger partial charge on any atom is 0.389 e. The summed E-state index contributed by atoms with van der Waals surface area (Å²) in [5, 5.41) is 9.30. The van der Waals surface area contributed by atoms with Gasteiger partial charge < -0.3 is 10.6 Å². The van der Waals surface area contributed by atoms with Crippen molar-refractivity contribution in [2.24, 2.45) is 0 Å². The van der Waals surface area contributed by atoms with Crippen LogP contribution < -0.4 is 10.6 Å². The molecule has 0 saturated carbocycles. The molecule has 30 heavy (non-hydrogen) atoms. The van der Waals surface area contributed by atoms with Gasteiger partial charge in [-0.15, -0.1) is 0 Å². The predicted molar refractivity (Wildman–Crippen MR) is 98.1 cm³/mol. The predicted octanol–water partition coefficient (Wildman–Crippen LogP) is 1.72. The van der Waals surface area contributed by atoms with Crippen molar-refractivity contribution in [2.45, 2.75) is 39.0 Å². The van der Waals surface area contributed by atoms with Gasteiger partial charge in [0.2, 0.25) is 5.91 Å². The monoisotopic (exact) mass is 421 g/mol. The average Bonchev–Trinajstić information content (AvgIpc) is 3.11. The Morgan fingerprint density at radius 2 is 1.97 bits per heavy atom. The summed E-state index contributed by atoms with van der Waals surface area (Å²) in [6.45, 7) is 1.89. The summed E-state index contributed by atoms with van der Waals surface area (Å²) in [5.74, 6) is -1.03. The number of nitrogens with zero attached hydrogens (tertiary/aromatic N) is 5. The average molecular weight is 421 g/mol. The molecule has 158 valence electrons. The Morgan fingerprint density at radius 1 is 1.17 bits per heavy atom. The van der Waals surface area contributed by atoms with Crippen molar-refractivity contribution in [3.05, 3.63) is 53.5 Å². The molecule has 0 aliphatic heterocycles. The third-order valence-electron chi connectivity index (χ3n) is 4.14. The molecule has 0 spiro atoms. The molecule has 3 rings (SSSR count). The second-order valence-corrected chi connectivity index (χ2v) is 6.50. The van der Waals surface area contributed by atoms with E-state index in [-0.39, 0.29) is 19.0 Å². The summed E-state index contributed by atoms with van der Waals surface area (Å²) in [5.41, 5.74) is 2.53. The van der Waals surface area contributed by atoms with Crippen molar-refractivity contribution < 1.29 is 22.8 Å². The van der Waals surface area contributed by atoms with Gasteiger partial charge in [-0.1, -0.05) is 0 Å². The van der Waals surface area contributed by atoms with Crippen LogP contribution >= 0.6 is 0 Å². The normalized spacial score (nSPS) is 11.5. The van der Waals surface area contributed by atoms with Crippen molar-refractivity contribution >= 4 is 17.5 Å². The van der Waals surface area contributed by atoms with E-state index >= 15 is 0 Å². The first-order valence-electron chi connectivity index (χ1n) is 8.93. The zero-order valence-corrected chi connectivity index (χ0v) is 15.9. The standard InChI is InChI=1S/C18H18F3N7O2/c1-11-14(8-22-10-25-11)17(30)24-7-13-9-28-15(27-13)4-12(6-26-28)5-23-16(29)2-3-18(19,20)21/h4,6,8-10H,2-3,5,7H2,1H3,(H,23,29)(H,24,30). The fourth-order valence-corrected chi connectivity index (χ4v) is 2.57. The van der Waals surface area contributed by atoms with Crippen molar-refractivity contribution in [3.8, 4) is 0 Å². The molecular formula is C18H18F3N7O2. The van der Waals surface area contributed by atoms with E-state index in [4.69, 9.17) is 0 Å². The number of imidazole rings is 1. The number of hydrogen-bond acceptors (Lipinski definition) is 6. The highest BCUT2D eigenvalue weighted by Gasteiger charge is 2.27. The van der Waals surface area contributed by atoms with Crippen LogP contribution in [0.4, 0.5) is 13.2 Å². The first-order valence-corrected chi connectivity index (χ1v) is 8.93. The third-order valence-corrected chi connectivity index (χ3v) is 4.14. The summed E-state index contributed by atoms with van der Waals surface area (Å²) in [7, 11) is 0. The van der Waals surface area contributed by atoms with Crippen LogP contribution in [0.15, 0.2) is 31.0 Å². The van der Waals surface area contributed by atoms with Crippen molar-refractivity contribution in [1.29, 1.82) is 0 Å². The first-order chi connectivity index (χ1) is 14.2. The molecular weight excluding hydrogens is 403 g/mol. The molecule has 0 aliphatic carbocycles. The minimum Gasteiger partial charge on any atom is -0.352 e. The number of aromatic nitrogens is 5. The molecule has 2 N–H and O–H groups in total. The van der Waals surface area contributed by atoms with Gasteiger partial charge >= 0.3 is 6.18 Å². The molecule has 3 heterocycles. The van der Waals surface area contributed by atoms with Crippen LogP contribution in [-0.2, 0) is 17.9 Å². The van der Waals surface area contributed by atoms with Crippen LogP contribution in [0.3, 0.4) is 0 Å². The highest BCUT2D eigenvalue weighted by Crippen LogP contribution is 2.21. The van der Waals surface area contributed by atoms with Gasteiger partial charge in [-0.2, -0.15) is 18.3 Å². The molecule has 0 bridgehead atoms. The highest BCUT2D eigenvalue weighted by molar-refractivity contribution is 5.94. The Hall–Kier alpha value is -3.57. The van der Waals surface area contributed by atoms with Crippen LogP contribution in [0.2, 0.25) is 0 Å². The van der Waals surface area contributed by atoms with E-state index in [1.165, 1.54) is 23.2 Å². The number of fused-ring (bicyclic) bond motifs is 1. The summed E-state index contributed by atoms with van der Waals surface area (Å²) < 4.78 is 37.9. The molecule has 0 fully saturated rings. The van der Waals surface area contributed by atoms with E-state index < -0.39 is 24.9 Å². The van der Waals surface area contributed by atoms with Crippen LogP contribution in [0.5, 0.6) is 0 Å². The molecule has 0 aromatic carbocycles. The fraction of sp³-hybridized carbons (Fsp3) is 0.333. The minimum absolute atomic E-state index is 0.0341. The van der Waals surface area contributed by atoms with E-state index in [9.17, 15) is 22.8 Å². The highest BCUT2D eigenvalue weighted by atomic mass is 19.4. The zero-order chi connectivity index (χ0) is 21.7. The molecule has 0 radical (unpaired) electrons. The number of carbonyl (C=O) groups excluding carboxylic acids is 2. The molecule has 0 aliphatic rings. The third kappa shape index (κ3) is 5.72. The summed E-state index contributed by atoms with van der Waals surface area (Å²) in [6, 6.07) is 1.65. The zero-order valence-electron chi connectivity index (χ0n) is 15.9. The molecule has 0 saturated heterocycles. The number of rotatable bonds is 7. The van der Waals surface area contributed by atoms with Gasteiger partial charge in [0.05, 0.1) is 42.3 Å². The van der Waals surface area contributed by atoms with Crippen LogP contribution in [0.1, 0.15) is 40.2 Å². The molecule has 3 aromatic heterocycles. The van der Waals surface area contributed by atoms with E-state index in [0.29, 0.717) is 28.2 Å². The molecule has 12 heteroatoms. The van der Waals surface area contributed by atoms with E-state index in [1.54, 1.807) is 19.2 Å². The van der Waals surface area contributed by atoms with Crippen molar-refractivity contribution in [2.75, 3.05) is 0 Å². The fourth-order valence-electron chi connectivity index (χ4n) is 2.57.